The van der Waals surface area contributed by atoms with E-state index < -0.39 is 0 Å². The van der Waals surface area contributed by atoms with Crippen molar-refractivity contribution >= 4 is 15.9 Å². The summed E-state index contributed by atoms with van der Waals surface area (Å²) in [6.45, 7) is 7.80. The van der Waals surface area contributed by atoms with Crippen LogP contribution >= 0.6 is 15.9 Å². The largest absolute Gasteiger partial charge is 0.373 e. The van der Waals surface area contributed by atoms with Crippen molar-refractivity contribution in [1.29, 1.82) is 0 Å². The molecule has 0 unspecified atom stereocenters. The maximum atomic E-state index is 5.69. The summed E-state index contributed by atoms with van der Waals surface area (Å²) < 4.78 is 5.69. The lowest BCUT2D eigenvalue weighted by molar-refractivity contribution is -0.0681. The van der Waals surface area contributed by atoms with Crippen LogP contribution in [0.2, 0.25) is 0 Å². The van der Waals surface area contributed by atoms with Gasteiger partial charge in [0.15, 0.2) is 0 Å². The van der Waals surface area contributed by atoms with Crippen molar-refractivity contribution in [1.82, 2.24) is 4.90 Å². The van der Waals surface area contributed by atoms with Crippen LogP contribution in [0.5, 0.6) is 0 Å². The zero-order valence-corrected chi connectivity index (χ0v) is 10.9. The maximum absolute atomic E-state index is 5.69. The van der Waals surface area contributed by atoms with E-state index in [9.17, 15) is 0 Å². The van der Waals surface area contributed by atoms with E-state index in [0.717, 1.165) is 18.4 Å². The van der Waals surface area contributed by atoms with Crippen LogP contribution in [0.4, 0.5) is 0 Å². The van der Waals surface area contributed by atoms with Gasteiger partial charge in [0.1, 0.15) is 0 Å². The van der Waals surface area contributed by atoms with Crippen molar-refractivity contribution in [3.63, 3.8) is 0 Å². The molecule has 0 aromatic heterocycles. The SMILES string of the molecule is C[C@@H]1CN(CCCCCBr)C[C@H](C)O1. The number of morpholine rings is 1. The van der Waals surface area contributed by atoms with E-state index in [1.165, 1.54) is 25.8 Å². The Morgan fingerprint density at radius 3 is 2.36 bits per heavy atom. The average molecular weight is 264 g/mol. The number of hydrogen-bond acceptors (Lipinski definition) is 2. The second-order valence-corrected chi connectivity index (χ2v) is 5.06. The first-order valence-electron chi connectivity index (χ1n) is 5.66. The zero-order valence-electron chi connectivity index (χ0n) is 9.34. The number of unbranched alkanes of at least 4 members (excludes halogenated alkanes) is 2. The van der Waals surface area contributed by atoms with Crippen molar-refractivity contribution in [3.05, 3.63) is 0 Å². The first kappa shape index (κ1) is 12.5. The number of ether oxygens (including phenoxy) is 1. The summed E-state index contributed by atoms with van der Waals surface area (Å²) in [6.07, 6.45) is 4.79. The number of rotatable bonds is 5. The molecular weight excluding hydrogens is 242 g/mol. The van der Waals surface area contributed by atoms with Crippen LogP contribution in [0.25, 0.3) is 0 Å². The molecule has 0 bridgehead atoms. The lowest BCUT2D eigenvalue weighted by Crippen LogP contribution is -2.45. The molecule has 2 nitrogen and oxygen atoms in total. The highest BCUT2D eigenvalue weighted by Crippen LogP contribution is 2.11. The van der Waals surface area contributed by atoms with Gasteiger partial charge < -0.3 is 4.74 Å². The molecule has 0 radical (unpaired) electrons. The van der Waals surface area contributed by atoms with E-state index in [4.69, 9.17) is 4.74 Å². The van der Waals surface area contributed by atoms with Crippen LogP contribution in [-0.4, -0.2) is 42.1 Å². The minimum atomic E-state index is 0.412. The quantitative estimate of drug-likeness (QED) is 0.559. The van der Waals surface area contributed by atoms with Gasteiger partial charge in [-0.3, -0.25) is 4.90 Å². The molecule has 1 rings (SSSR count). The van der Waals surface area contributed by atoms with E-state index in [1.807, 2.05) is 0 Å². The van der Waals surface area contributed by atoms with Crippen LogP contribution in [0.1, 0.15) is 33.1 Å². The molecule has 0 aromatic carbocycles. The minimum Gasteiger partial charge on any atom is -0.373 e. The van der Waals surface area contributed by atoms with E-state index in [1.54, 1.807) is 0 Å². The molecule has 0 amide bonds. The molecule has 3 heteroatoms. The van der Waals surface area contributed by atoms with Gasteiger partial charge in [-0.05, 0) is 33.2 Å². The van der Waals surface area contributed by atoms with Crippen molar-refractivity contribution < 1.29 is 4.74 Å². The lowest BCUT2D eigenvalue weighted by atomic mass is 10.2. The Labute approximate surface area is 96.1 Å². The topological polar surface area (TPSA) is 12.5 Å². The summed E-state index contributed by atoms with van der Waals surface area (Å²) in [5.41, 5.74) is 0. The molecule has 84 valence electrons. The minimum absolute atomic E-state index is 0.412. The van der Waals surface area contributed by atoms with Gasteiger partial charge in [0, 0.05) is 18.4 Å². The first-order chi connectivity index (χ1) is 6.72. The average Bonchev–Trinajstić information content (AvgIpc) is 2.11. The highest BCUT2D eigenvalue weighted by atomic mass is 79.9. The molecular formula is C11H22BrNO. The summed E-state index contributed by atoms with van der Waals surface area (Å²) in [4.78, 5) is 2.53. The first-order valence-corrected chi connectivity index (χ1v) is 6.78. The van der Waals surface area contributed by atoms with Crippen molar-refractivity contribution in [2.45, 2.75) is 45.3 Å². The molecule has 0 aliphatic carbocycles. The van der Waals surface area contributed by atoms with Gasteiger partial charge >= 0.3 is 0 Å². The maximum Gasteiger partial charge on any atom is 0.0678 e. The molecule has 0 aromatic rings. The third-order valence-corrected chi connectivity index (χ3v) is 3.16. The van der Waals surface area contributed by atoms with E-state index in [2.05, 4.69) is 34.7 Å². The number of hydrogen-bond donors (Lipinski definition) is 0. The fourth-order valence-corrected chi connectivity index (χ4v) is 2.47. The van der Waals surface area contributed by atoms with Crippen molar-refractivity contribution in [2.24, 2.45) is 0 Å². The Morgan fingerprint density at radius 1 is 1.14 bits per heavy atom. The smallest absolute Gasteiger partial charge is 0.0678 e. The van der Waals surface area contributed by atoms with Gasteiger partial charge in [0.25, 0.3) is 0 Å². The predicted octanol–water partition coefficient (Wildman–Crippen LogP) is 2.66. The Kier molecular flexibility index (Phi) is 6.06. The Bertz CT molecular complexity index is 144. The zero-order chi connectivity index (χ0) is 10.4. The second-order valence-electron chi connectivity index (χ2n) is 4.27. The predicted molar refractivity (Wildman–Crippen MR) is 64.1 cm³/mol. The molecule has 1 saturated heterocycles. The van der Waals surface area contributed by atoms with E-state index in [0.29, 0.717) is 12.2 Å². The van der Waals surface area contributed by atoms with Gasteiger partial charge in [0.05, 0.1) is 12.2 Å². The normalized spacial score (nSPS) is 29.4. The molecule has 0 saturated carbocycles. The summed E-state index contributed by atoms with van der Waals surface area (Å²) in [6, 6.07) is 0. The van der Waals surface area contributed by atoms with Crippen LogP contribution in [0.15, 0.2) is 0 Å². The molecule has 1 aliphatic rings. The monoisotopic (exact) mass is 263 g/mol. The van der Waals surface area contributed by atoms with Gasteiger partial charge in [0.2, 0.25) is 0 Å². The second kappa shape index (κ2) is 6.81. The summed E-state index contributed by atoms with van der Waals surface area (Å²) in [5.74, 6) is 0. The standard InChI is InChI=1S/C11H22BrNO/c1-10-8-13(9-11(2)14-10)7-5-3-4-6-12/h10-11H,3-9H2,1-2H3/t10-,11+. The molecule has 1 aliphatic heterocycles. The fraction of sp³-hybridized carbons (Fsp3) is 1.00. The van der Waals surface area contributed by atoms with Crippen LogP contribution in [0, 0.1) is 0 Å². The summed E-state index contributed by atoms with van der Waals surface area (Å²) in [7, 11) is 0. The summed E-state index contributed by atoms with van der Waals surface area (Å²) >= 11 is 3.46. The van der Waals surface area contributed by atoms with Crippen molar-refractivity contribution in [3.8, 4) is 0 Å². The Morgan fingerprint density at radius 2 is 1.79 bits per heavy atom. The molecule has 1 fully saturated rings. The molecule has 0 spiro atoms. The van der Waals surface area contributed by atoms with Crippen LogP contribution < -0.4 is 0 Å². The van der Waals surface area contributed by atoms with Gasteiger partial charge in [-0.15, -0.1) is 0 Å². The third-order valence-electron chi connectivity index (χ3n) is 2.60. The number of halogens is 1. The molecule has 0 N–H and O–H groups in total. The Balaban J connectivity index is 2.10. The molecule has 2 atom stereocenters. The third kappa shape index (κ3) is 4.76. The van der Waals surface area contributed by atoms with Gasteiger partial charge in [-0.1, -0.05) is 22.4 Å². The molecule has 14 heavy (non-hydrogen) atoms. The fourth-order valence-electron chi connectivity index (χ4n) is 2.07. The van der Waals surface area contributed by atoms with E-state index >= 15 is 0 Å². The van der Waals surface area contributed by atoms with Gasteiger partial charge in [-0.2, -0.15) is 0 Å². The lowest BCUT2D eigenvalue weighted by Gasteiger charge is -2.35. The van der Waals surface area contributed by atoms with Gasteiger partial charge in [-0.25, -0.2) is 0 Å². The highest BCUT2D eigenvalue weighted by molar-refractivity contribution is 9.09. The Hall–Kier alpha value is 0.400. The highest BCUT2D eigenvalue weighted by Gasteiger charge is 2.21. The number of nitrogens with zero attached hydrogens (tertiary/aromatic N) is 1. The van der Waals surface area contributed by atoms with E-state index in [-0.39, 0.29) is 0 Å². The van der Waals surface area contributed by atoms with Crippen molar-refractivity contribution in [2.75, 3.05) is 25.0 Å². The molecule has 1 heterocycles. The van der Waals surface area contributed by atoms with Crippen LogP contribution in [-0.2, 0) is 4.74 Å². The van der Waals surface area contributed by atoms with Crippen LogP contribution in [0.3, 0.4) is 0 Å². The summed E-state index contributed by atoms with van der Waals surface area (Å²) in [5, 5.41) is 1.14. The number of alkyl halides is 1.